The molecule has 132 valence electrons. The van der Waals surface area contributed by atoms with Crippen LogP contribution in [0, 0.1) is 0 Å². The van der Waals surface area contributed by atoms with Gasteiger partial charge in [0.05, 0.1) is 22.0 Å². The Morgan fingerprint density at radius 1 is 1.08 bits per heavy atom. The first-order valence-corrected chi connectivity index (χ1v) is 9.11. The van der Waals surface area contributed by atoms with Gasteiger partial charge in [0.15, 0.2) is 0 Å². The number of aromatic nitrogens is 1. The van der Waals surface area contributed by atoms with Crippen molar-refractivity contribution < 1.29 is 14.3 Å². The maximum Gasteiger partial charge on any atom is 0.340 e. The zero-order valence-electron chi connectivity index (χ0n) is 14.3. The van der Waals surface area contributed by atoms with Gasteiger partial charge >= 0.3 is 5.97 Å². The van der Waals surface area contributed by atoms with E-state index in [1.807, 2.05) is 18.4 Å². The number of carbonyl (C=O) groups excluding carboxylic acids is 2. The largest absolute Gasteiger partial charge is 0.455 e. The summed E-state index contributed by atoms with van der Waals surface area (Å²) >= 11 is 1.55. The van der Waals surface area contributed by atoms with E-state index in [1.165, 1.54) is 0 Å². The van der Waals surface area contributed by atoms with Crippen molar-refractivity contribution in [3.8, 4) is 0 Å². The molecule has 0 aliphatic rings. The Labute approximate surface area is 155 Å². The Bertz CT molecular complexity index is 906. The van der Waals surface area contributed by atoms with Crippen LogP contribution in [-0.4, -0.2) is 16.9 Å². The smallest absolute Gasteiger partial charge is 0.340 e. The zero-order chi connectivity index (χ0) is 18.4. The molecule has 6 heteroatoms. The number of benzene rings is 2. The topological polar surface area (TPSA) is 68.3 Å². The van der Waals surface area contributed by atoms with Gasteiger partial charge in [0.2, 0.25) is 0 Å². The lowest BCUT2D eigenvalue weighted by Crippen LogP contribution is -2.15. The van der Waals surface area contributed by atoms with Crippen molar-refractivity contribution in [3.63, 3.8) is 0 Å². The highest BCUT2D eigenvalue weighted by molar-refractivity contribution is 7.09. The highest BCUT2D eigenvalue weighted by Gasteiger charge is 2.15. The van der Waals surface area contributed by atoms with Crippen LogP contribution in [0.3, 0.4) is 0 Å². The number of nitrogens with zero attached hydrogens (tertiary/aromatic N) is 1. The number of hydrogen-bond acceptors (Lipinski definition) is 5. The van der Waals surface area contributed by atoms with E-state index in [2.05, 4.69) is 10.3 Å². The molecule has 26 heavy (non-hydrogen) atoms. The molecular weight excluding hydrogens is 348 g/mol. The maximum atomic E-state index is 12.4. The minimum atomic E-state index is -0.500. The maximum absolute atomic E-state index is 12.4. The third kappa shape index (κ3) is 4.34. The molecule has 0 saturated heterocycles. The van der Waals surface area contributed by atoms with Crippen molar-refractivity contribution in [2.75, 3.05) is 5.32 Å². The molecule has 0 saturated carbocycles. The fraction of sp³-hybridized carbons (Fsp3) is 0.150. The number of thiazole rings is 1. The molecule has 5 nitrogen and oxygen atoms in total. The van der Waals surface area contributed by atoms with Gasteiger partial charge in [-0.05, 0) is 30.7 Å². The van der Waals surface area contributed by atoms with Crippen LogP contribution in [0.1, 0.15) is 38.3 Å². The van der Waals surface area contributed by atoms with E-state index in [0.717, 1.165) is 17.1 Å². The first kappa shape index (κ1) is 17.8. The van der Waals surface area contributed by atoms with Gasteiger partial charge in [-0.25, -0.2) is 9.78 Å². The molecular formula is C20H18N2O3S. The van der Waals surface area contributed by atoms with Gasteiger partial charge in [-0.1, -0.05) is 37.3 Å². The number of para-hydroxylation sites is 1. The number of nitrogens with one attached hydrogen (secondary N) is 1. The molecule has 1 heterocycles. The van der Waals surface area contributed by atoms with Crippen LogP contribution < -0.4 is 5.32 Å². The monoisotopic (exact) mass is 366 g/mol. The second-order valence-electron chi connectivity index (χ2n) is 5.53. The van der Waals surface area contributed by atoms with E-state index in [-0.39, 0.29) is 12.5 Å². The molecule has 0 aliphatic carbocycles. The van der Waals surface area contributed by atoms with Crippen molar-refractivity contribution >= 4 is 28.9 Å². The van der Waals surface area contributed by atoms with Crippen molar-refractivity contribution in [2.45, 2.75) is 20.0 Å². The van der Waals surface area contributed by atoms with E-state index in [0.29, 0.717) is 16.8 Å². The molecule has 0 fully saturated rings. The van der Waals surface area contributed by atoms with Crippen molar-refractivity contribution in [1.82, 2.24) is 4.98 Å². The van der Waals surface area contributed by atoms with Crippen LogP contribution in [0.5, 0.6) is 0 Å². The van der Waals surface area contributed by atoms with Crippen LogP contribution in [0.15, 0.2) is 60.0 Å². The molecule has 0 atom stereocenters. The number of amides is 1. The molecule has 0 radical (unpaired) electrons. The van der Waals surface area contributed by atoms with Gasteiger partial charge in [0.1, 0.15) is 6.61 Å². The third-order valence-corrected chi connectivity index (χ3v) is 4.73. The van der Waals surface area contributed by atoms with E-state index >= 15 is 0 Å². The van der Waals surface area contributed by atoms with Gasteiger partial charge in [0, 0.05) is 10.9 Å². The number of hydrogen-bond donors (Lipinski definition) is 1. The minimum absolute atomic E-state index is 0.107. The summed E-state index contributed by atoms with van der Waals surface area (Å²) in [5, 5.41) is 5.66. The molecule has 2 aromatic carbocycles. The van der Waals surface area contributed by atoms with Crippen molar-refractivity contribution in [2.24, 2.45) is 0 Å². The van der Waals surface area contributed by atoms with Gasteiger partial charge in [0.25, 0.3) is 5.91 Å². The van der Waals surface area contributed by atoms with E-state index in [9.17, 15) is 9.59 Å². The fourth-order valence-corrected chi connectivity index (χ4v) is 3.08. The lowest BCUT2D eigenvalue weighted by Gasteiger charge is -2.10. The summed E-state index contributed by atoms with van der Waals surface area (Å²) in [4.78, 5) is 29.1. The van der Waals surface area contributed by atoms with Gasteiger partial charge in [-0.15, -0.1) is 11.3 Å². The van der Waals surface area contributed by atoms with Crippen LogP contribution >= 0.6 is 11.3 Å². The molecule has 0 unspecified atom stereocenters. The summed E-state index contributed by atoms with van der Waals surface area (Å²) in [7, 11) is 0. The number of ether oxygens (including phenoxy) is 1. The number of rotatable bonds is 6. The third-order valence-electron chi connectivity index (χ3n) is 3.68. The number of esters is 1. The van der Waals surface area contributed by atoms with Gasteiger partial charge in [-0.2, -0.15) is 0 Å². The summed E-state index contributed by atoms with van der Waals surface area (Å²) in [6, 6.07) is 15.6. The Kier molecular flexibility index (Phi) is 5.76. The Morgan fingerprint density at radius 3 is 2.54 bits per heavy atom. The van der Waals surface area contributed by atoms with Gasteiger partial charge < -0.3 is 10.1 Å². The quantitative estimate of drug-likeness (QED) is 0.660. The molecule has 1 amide bonds. The molecule has 3 rings (SSSR count). The summed E-state index contributed by atoms with van der Waals surface area (Å²) in [6.45, 7) is 2.14. The molecule has 0 spiro atoms. The van der Waals surface area contributed by atoms with E-state index in [1.54, 1.807) is 59.9 Å². The Hall–Kier alpha value is -2.99. The predicted molar refractivity (Wildman–Crippen MR) is 101 cm³/mol. The molecule has 1 aromatic heterocycles. The molecule has 1 N–H and O–H groups in total. The number of carbonyl (C=O) groups is 2. The summed E-state index contributed by atoms with van der Waals surface area (Å²) in [5.74, 6) is -0.780. The Balaban J connectivity index is 1.69. The first-order valence-electron chi connectivity index (χ1n) is 8.23. The highest BCUT2D eigenvalue weighted by atomic mass is 32.1. The highest BCUT2D eigenvalue weighted by Crippen LogP contribution is 2.19. The average molecular weight is 366 g/mol. The van der Waals surface area contributed by atoms with Crippen molar-refractivity contribution in [1.29, 1.82) is 0 Å². The van der Waals surface area contributed by atoms with Gasteiger partial charge in [-0.3, -0.25) is 4.79 Å². The van der Waals surface area contributed by atoms with Crippen LogP contribution in [0.4, 0.5) is 5.69 Å². The average Bonchev–Trinajstić information content (AvgIpc) is 3.15. The Morgan fingerprint density at radius 2 is 1.81 bits per heavy atom. The van der Waals surface area contributed by atoms with Crippen LogP contribution in [0.2, 0.25) is 0 Å². The summed E-state index contributed by atoms with van der Waals surface area (Å²) < 4.78 is 5.35. The minimum Gasteiger partial charge on any atom is -0.455 e. The van der Waals surface area contributed by atoms with E-state index in [4.69, 9.17) is 4.74 Å². The van der Waals surface area contributed by atoms with Crippen LogP contribution in [-0.2, 0) is 17.8 Å². The summed E-state index contributed by atoms with van der Waals surface area (Å²) in [6.07, 6.45) is 0.854. The lowest BCUT2D eigenvalue weighted by molar-refractivity contribution is 0.0469. The molecule has 3 aromatic rings. The van der Waals surface area contributed by atoms with Crippen molar-refractivity contribution in [3.05, 3.63) is 81.8 Å². The SMILES string of the molecule is CCc1nc(COC(=O)c2ccccc2NC(=O)c2ccccc2)cs1. The molecule has 0 aliphatic heterocycles. The normalized spacial score (nSPS) is 10.3. The molecule has 0 bridgehead atoms. The second-order valence-corrected chi connectivity index (χ2v) is 6.47. The number of aryl methyl sites for hydroxylation is 1. The van der Waals surface area contributed by atoms with Crippen LogP contribution in [0.25, 0.3) is 0 Å². The summed E-state index contributed by atoms with van der Waals surface area (Å²) in [5.41, 5.74) is 1.97. The van der Waals surface area contributed by atoms with E-state index < -0.39 is 5.97 Å². The fourth-order valence-electron chi connectivity index (χ4n) is 2.35. The lowest BCUT2D eigenvalue weighted by atomic mass is 10.1. The predicted octanol–water partition coefficient (Wildman–Crippen LogP) is 4.31. The second kappa shape index (κ2) is 8.40. The standard InChI is InChI=1S/C20H18N2O3S/c1-2-18-21-15(13-26-18)12-25-20(24)16-10-6-7-11-17(16)22-19(23)14-8-4-3-5-9-14/h3-11,13H,2,12H2,1H3,(H,22,23). The first-order chi connectivity index (χ1) is 12.7. The zero-order valence-corrected chi connectivity index (χ0v) is 15.1. The number of anilines is 1.